The Labute approximate surface area is 106 Å². The first kappa shape index (κ1) is 12.5. The maximum absolute atomic E-state index is 12.0. The lowest BCUT2D eigenvalue weighted by molar-refractivity contribution is 0.0711. The van der Waals surface area contributed by atoms with Gasteiger partial charge in [-0.2, -0.15) is 0 Å². The molecule has 2 rings (SSSR count). The van der Waals surface area contributed by atoms with Gasteiger partial charge in [-0.3, -0.25) is 4.79 Å². The monoisotopic (exact) mass is 256 g/mol. The minimum atomic E-state index is -0.427. The largest absolute Gasteiger partial charge is 0.391 e. The number of aryl methyl sites for hydroxylation is 1. The minimum absolute atomic E-state index is 0.134. The van der Waals surface area contributed by atoms with Crippen LogP contribution in [-0.2, 0) is 7.05 Å². The number of carbonyl (C=O) groups excluding carboxylic acids is 1. The van der Waals surface area contributed by atoms with Crippen molar-refractivity contribution in [1.82, 2.24) is 9.88 Å². The number of aliphatic hydroxyl groups is 1. The molecule has 0 aromatic carbocycles. The predicted octanol–water partition coefficient (Wildman–Crippen LogP) is 1.71. The lowest BCUT2D eigenvalue weighted by Crippen LogP contribution is -2.45. The second-order valence-corrected chi connectivity index (χ2v) is 5.02. The number of halogens is 1. The van der Waals surface area contributed by atoms with E-state index in [-0.39, 0.29) is 11.9 Å². The summed E-state index contributed by atoms with van der Waals surface area (Å²) in [6.45, 7) is 0. The Morgan fingerprint density at radius 3 is 2.82 bits per heavy atom. The van der Waals surface area contributed by atoms with Gasteiger partial charge in [-0.15, -0.1) is 0 Å². The Kier molecular flexibility index (Phi) is 3.74. The average Bonchev–Trinajstić information content (AvgIpc) is 2.61. The van der Waals surface area contributed by atoms with Crippen molar-refractivity contribution in [2.75, 3.05) is 0 Å². The van der Waals surface area contributed by atoms with Gasteiger partial charge >= 0.3 is 0 Å². The van der Waals surface area contributed by atoms with E-state index < -0.39 is 6.10 Å². The Hall–Kier alpha value is -1.00. The molecule has 0 radical (unpaired) electrons. The highest BCUT2D eigenvalue weighted by atomic mass is 35.5. The SMILES string of the molecule is Cn1cc(Cl)cc1C(=O)NC1CCCCC1O. The van der Waals surface area contributed by atoms with E-state index in [1.807, 2.05) is 0 Å². The molecule has 0 aliphatic heterocycles. The molecule has 1 saturated carbocycles. The van der Waals surface area contributed by atoms with Gasteiger partial charge in [-0.05, 0) is 18.9 Å². The van der Waals surface area contributed by atoms with E-state index in [0.29, 0.717) is 10.7 Å². The van der Waals surface area contributed by atoms with E-state index >= 15 is 0 Å². The number of hydrogen-bond donors (Lipinski definition) is 2. The molecule has 1 aliphatic rings. The Morgan fingerprint density at radius 2 is 2.24 bits per heavy atom. The molecule has 17 heavy (non-hydrogen) atoms. The van der Waals surface area contributed by atoms with Crippen LogP contribution in [0.25, 0.3) is 0 Å². The lowest BCUT2D eigenvalue weighted by Gasteiger charge is -2.28. The highest BCUT2D eigenvalue weighted by Gasteiger charge is 2.25. The van der Waals surface area contributed by atoms with Crippen LogP contribution in [0.2, 0.25) is 5.02 Å². The zero-order chi connectivity index (χ0) is 12.4. The number of amides is 1. The molecule has 1 fully saturated rings. The van der Waals surface area contributed by atoms with E-state index in [4.69, 9.17) is 11.6 Å². The van der Waals surface area contributed by atoms with Crippen LogP contribution in [0.4, 0.5) is 0 Å². The van der Waals surface area contributed by atoms with Crippen molar-refractivity contribution < 1.29 is 9.90 Å². The minimum Gasteiger partial charge on any atom is -0.391 e. The van der Waals surface area contributed by atoms with Crippen molar-refractivity contribution in [2.24, 2.45) is 7.05 Å². The smallest absolute Gasteiger partial charge is 0.268 e. The lowest BCUT2D eigenvalue weighted by atomic mass is 9.92. The molecule has 94 valence electrons. The second-order valence-electron chi connectivity index (χ2n) is 4.59. The summed E-state index contributed by atoms with van der Waals surface area (Å²) in [7, 11) is 1.78. The van der Waals surface area contributed by atoms with E-state index in [9.17, 15) is 9.90 Å². The molecule has 1 amide bonds. The summed E-state index contributed by atoms with van der Waals surface area (Å²) in [5.74, 6) is -0.176. The number of aliphatic hydroxyl groups excluding tert-OH is 1. The van der Waals surface area contributed by atoms with Crippen molar-refractivity contribution in [3.8, 4) is 0 Å². The number of nitrogens with zero attached hydrogens (tertiary/aromatic N) is 1. The molecule has 2 unspecified atom stereocenters. The Balaban J connectivity index is 2.03. The summed E-state index contributed by atoms with van der Waals surface area (Å²) >= 11 is 5.83. The van der Waals surface area contributed by atoms with Crippen molar-refractivity contribution in [3.05, 3.63) is 23.0 Å². The standard InChI is InChI=1S/C12H17ClN2O2/c1-15-7-8(13)6-10(15)12(17)14-9-4-2-3-5-11(9)16/h6-7,9,11,16H,2-5H2,1H3,(H,14,17). The van der Waals surface area contributed by atoms with Crippen LogP contribution in [-0.4, -0.2) is 27.7 Å². The van der Waals surface area contributed by atoms with Crippen molar-refractivity contribution >= 4 is 17.5 Å². The van der Waals surface area contributed by atoms with Gasteiger partial charge in [-0.1, -0.05) is 24.4 Å². The molecule has 1 aromatic heterocycles. The summed E-state index contributed by atoms with van der Waals surface area (Å²) < 4.78 is 1.69. The van der Waals surface area contributed by atoms with Crippen LogP contribution < -0.4 is 5.32 Å². The van der Waals surface area contributed by atoms with Gasteiger partial charge in [0.25, 0.3) is 5.91 Å². The van der Waals surface area contributed by atoms with E-state index in [2.05, 4.69) is 5.32 Å². The van der Waals surface area contributed by atoms with Crippen LogP contribution >= 0.6 is 11.6 Å². The van der Waals surface area contributed by atoms with E-state index in [1.165, 1.54) is 0 Å². The second kappa shape index (κ2) is 5.10. The van der Waals surface area contributed by atoms with Crippen molar-refractivity contribution in [2.45, 2.75) is 37.8 Å². The fourth-order valence-electron chi connectivity index (χ4n) is 2.27. The van der Waals surface area contributed by atoms with Crippen LogP contribution in [0, 0.1) is 0 Å². The molecule has 0 spiro atoms. The van der Waals surface area contributed by atoms with Crippen LogP contribution in [0.3, 0.4) is 0 Å². The summed E-state index contributed by atoms with van der Waals surface area (Å²) in [6.07, 6.45) is 4.94. The normalized spacial score (nSPS) is 24.6. The number of rotatable bonds is 2. The van der Waals surface area contributed by atoms with Crippen LogP contribution in [0.1, 0.15) is 36.2 Å². The predicted molar refractivity (Wildman–Crippen MR) is 66.2 cm³/mol. The fourth-order valence-corrected chi connectivity index (χ4v) is 2.52. The van der Waals surface area contributed by atoms with Gasteiger partial charge in [-0.25, -0.2) is 0 Å². The van der Waals surface area contributed by atoms with E-state index in [1.54, 1.807) is 23.9 Å². The van der Waals surface area contributed by atoms with Gasteiger partial charge in [0.2, 0.25) is 0 Å². The molecule has 0 bridgehead atoms. The molecule has 1 aliphatic carbocycles. The highest BCUT2D eigenvalue weighted by molar-refractivity contribution is 6.31. The molecule has 1 heterocycles. The molecule has 0 saturated heterocycles. The van der Waals surface area contributed by atoms with Gasteiger partial charge < -0.3 is 15.0 Å². The molecule has 4 nitrogen and oxygen atoms in total. The molecule has 2 N–H and O–H groups in total. The number of carbonyl (C=O) groups is 1. The van der Waals surface area contributed by atoms with Gasteiger partial charge in [0, 0.05) is 13.2 Å². The quantitative estimate of drug-likeness (QED) is 0.847. The zero-order valence-corrected chi connectivity index (χ0v) is 10.6. The topological polar surface area (TPSA) is 54.3 Å². The molecular formula is C12H17ClN2O2. The maximum atomic E-state index is 12.0. The Bertz CT molecular complexity index is 417. The third-order valence-electron chi connectivity index (χ3n) is 3.25. The van der Waals surface area contributed by atoms with E-state index in [0.717, 1.165) is 25.7 Å². The summed E-state index contributed by atoms with van der Waals surface area (Å²) in [5.41, 5.74) is 0.521. The Morgan fingerprint density at radius 1 is 1.53 bits per heavy atom. The van der Waals surface area contributed by atoms with Crippen LogP contribution in [0.5, 0.6) is 0 Å². The summed E-state index contributed by atoms with van der Waals surface area (Å²) in [5, 5.41) is 13.2. The molecule has 2 atom stereocenters. The first-order valence-corrected chi connectivity index (χ1v) is 6.26. The van der Waals surface area contributed by atoms with Crippen molar-refractivity contribution in [3.63, 3.8) is 0 Å². The maximum Gasteiger partial charge on any atom is 0.268 e. The summed E-state index contributed by atoms with van der Waals surface area (Å²) in [4.78, 5) is 12.0. The average molecular weight is 257 g/mol. The number of aromatic nitrogens is 1. The van der Waals surface area contributed by atoms with Gasteiger partial charge in [0.1, 0.15) is 5.69 Å². The molecule has 5 heteroatoms. The first-order chi connectivity index (χ1) is 8.08. The molecular weight excluding hydrogens is 240 g/mol. The number of hydrogen-bond acceptors (Lipinski definition) is 2. The van der Waals surface area contributed by atoms with Gasteiger partial charge in [0.05, 0.1) is 17.2 Å². The van der Waals surface area contributed by atoms with Gasteiger partial charge in [0.15, 0.2) is 0 Å². The van der Waals surface area contributed by atoms with Crippen molar-refractivity contribution in [1.29, 1.82) is 0 Å². The first-order valence-electron chi connectivity index (χ1n) is 5.88. The number of nitrogens with one attached hydrogen (secondary N) is 1. The summed E-state index contributed by atoms with van der Waals surface area (Å²) in [6, 6.07) is 1.50. The van der Waals surface area contributed by atoms with Crippen LogP contribution in [0.15, 0.2) is 12.3 Å². The highest BCUT2D eigenvalue weighted by Crippen LogP contribution is 2.19. The zero-order valence-electron chi connectivity index (χ0n) is 9.82. The third-order valence-corrected chi connectivity index (χ3v) is 3.46. The third kappa shape index (κ3) is 2.82. The fraction of sp³-hybridized carbons (Fsp3) is 0.583. The molecule has 1 aromatic rings.